The van der Waals surface area contributed by atoms with Crippen molar-refractivity contribution in [3.63, 3.8) is 0 Å². The first-order chi connectivity index (χ1) is 10.5. The Labute approximate surface area is 143 Å². The van der Waals surface area contributed by atoms with Gasteiger partial charge in [0.1, 0.15) is 15.8 Å². The fourth-order valence-corrected chi connectivity index (χ4v) is 2.69. The van der Waals surface area contributed by atoms with Gasteiger partial charge in [-0.1, -0.05) is 39.1 Å². The Morgan fingerprint density at radius 1 is 1.18 bits per heavy atom. The van der Waals surface area contributed by atoms with Gasteiger partial charge in [0.25, 0.3) is 5.91 Å². The number of halogens is 3. The lowest BCUT2D eigenvalue weighted by atomic mass is 10.2. The van der Waals surface area contributed by atoms with E-state index in [1.54, 1.807) is 6.07 Å². The highest BCUT2D eigenvalue weighted by atomic mass is 79.9. The summed E-state index contributed by atoms with van der Waals surface area (Å²) < 4.78 is 6.45. The molecule has 0 aliphatic carbocycles. The summed E-state index contributed by atoms with van der Waals surface area (Å²) in [6.07, 6.45) is 0. The summed E-state index contributed by atoms with van der Waals surface area (Å²) in [7, 11) is 0. The largest absolute Gasteiger partial charge is 0.439 e. The second-order valence-corrected chi connectivity index (χ2v) is 6.09. The molecule has 2 aromatic heterocycles. The molecule has 3 aromatic rings. The molecule has 0 saturated heterocycles. The van der Waals surface area contributed by atoms with E-state index < -0.39 is 0 Å². The van der Waals surface area contributed by atoms with Crippen molar-refractivity contribution < 1.29 is 9.21 Å². The number of rotatable bonds is 3. The van der Waals surface area contributed by atoms with Crippen molar-refractivity contribution in [3.05, 3.63) is 56.6 Å². The summed E-state index contributed by atoms with van der Waals surface area (Å²) in [5.41, 5.74) is 1.69. The maximum Gasteiger partial charge on any atom is 0.251 e. The van der Waals surface area contributed by atoms with Crippen molar-refractivity contribution in [2.45, 2.75) is 6.54 Å². The van der Waals surface area contributed by atoms with Crippen LogP contribution in [0.15, 0.2) is 39.2 Å². The molecule has 1 amide bonds. The number of benzene rings is 1. The Kier molecular flexibility index (Phi) is 4.33. The van der Waals surface area contributed by atoms with Gasteiger partial charge < -0.3 is 9.73 Å². The number of hydrogen-bond donors (Lipinski definition) is 1. The standard InChI is InChI=1S/C14H8BrCl2N3O2/c15-8-1-2-10-9(5-8)19-13(22-10)6-18-14(21)7-3-11(16)20-12(17)4-7/h1-5H,6H2,(H,18,21). The third-order valence-corrected chi connectivity index (χ3v) is 3.70. The summed E-state index contributed by atoms with van der Waals surface area (Å²) >= 11 is 14.9. The number of fused-ring (bicyclic) bond motifs is 1. The molecule has 0 saturated carbocycles. The molecule has 0 spiro atoms. The molecule has 8 heteroatoms. The van der Waals surface area contributed by atoms with Crippen molar-refractivity contribution in [2.24, 2.45) is 0 Å². The van der Waals surface area contributed by atoms with Crippen molar-refractivity contribution in [1.29, 1.82) is 0 Å². The molecule has 0 aliphatic heterocycles. The Bertz CT molecular complexity index is 846. The number of amides is 1. The molecule has 0 aliphatic rings. The fraction of sp³-hybridized carbons (Fsp3) is 0.0714. The zero-order valence-corrected chi connectivity index (χ0v) is 14.0. The highest BCUT2D eigenvalue weighted by molar-refractivity contribution is 9.10. The minimum atomic E-state index is -0.338. The topological polar surface area (TPSA) is 68.0 Å². The molecule has 2 heterocycles. The lowest BCUT2D eigenvalue weighted by Crippen LogP contribution is -2.23. The number of nitrogens with zero attached hydrogens (tertiary/aromatic N) is 2. The van der Waals surface area contributed by atoms with Crippen LogP contribution in [-0.4, -0.2) is 15.9 Å². The van der Waals surface area contributed by atoms with Crippen LogP contribution in [0.3, 0.4) is 0 Å². The van der Waals surface area contributed by atoms with Gasteiger partial charge in [0.05, 0.1) is 6.54 Å². The van der Waals surface area contributed by atoms with Gasteiger partial charge in [-0.25, -0.2) is 9.97 Å². The normalized spacial score (nSPS) is 10.9. The van der Waals surface area contributed by atoms with E-state index in [1.165, 1.54) is 12.1 Å². The molecule has 112 valence electrons. The van der Waals surface area contributed by atoms with Crippen LogP contribution in [0.2, 0.25) is 10.3 Å². The highest BCUT2D eigenvalue weighted by Gasteiger charge is 2.11. The minimum Gasteiger partial charge on any atom is -0.439 e. The molecular formula is C14H8BrCl2N3O2. The molecular weight excluding hydrogens is 393 g/mol. The van der Waals surface area contributed by atoms with Gasteiger partial charge in [0.15, 0.2) is 5.58 Å². The van der Waals surface area contributed by atoms with E-state index in [2.05, 4.69) is 31.2 Å². The monoisotopic (exact) mass is 399 g/mol. The molecule has 1 N–H and O–H groups in total. The van der Waals surface area contributed by atoms with Crippen LogP contribution in [0.25, 0.3) is 11.1 Å². The molecule has 0 unspecified atom stereocenters. The first-order valence-corrected chi connectivity index (χ1v) is 7.72. The van der Waals surface area contributed by atoms with Crippen molar-refractivity contribution in [1.82, 2.24) is 15.3 Å². The summed E-state index contributed by atoms with van der Waals surface area (Å²) in [5.74, 6) is 0.0716. The maximum absolute atomic E-state index is 12.1. The van der Waals surface area contributed by atoms with Crippen LogP contribution in [0.5, 0.6) is 0 Å². The van der Waals surface area contributed by atoms with E-state index in [1.807, 2.05) is 12.1 Å². The Morgan fingerprint density at radius 3 is 2.64 bits per heavy atom. The van der Waals surface area contributed by atoms with Crippen LogP contribution in [-0.2, 0) is 6.54 Å². The summed E-state index contributed by atoms with van der Waals surface area (Å²) in [5, 5.41) is 3.01. The number of nitrogens with one attached hydrogen (secondary N) is 1. The number of carbonyl (C=O) groups excluding carboxylic acids is 1. The zero-order chi connectivity index (χ0) is 15.7. The predicted octanol–water partition coefficient (Wildman–Crippen LogP) is 4.22. The van der Waals surface area contributed by atoms with Gasteiger partial charge in [-0.15, -0.1) is 0 Å². The van der Waals surface area contributed by atoms with Gasteiger partial charge in [-0.05, 0) is 30.3 Å². The van der Waals surface area contributed by atoms with Crippen LogP contribution in [0.1, 0.15) is 16.2 Å². The Morgan fingerprint density at radius 2 is 1.91 bits per heavy atom. The Balaban J connectivity index is 1.74. The summed E-state index contributed by atoms with van der Waals surface area (Å²) in [4.78, 5) is 20.1. The van der Waals surface area contributed by atoms with Gasteiger partial charge >= 0.3 is 0 Å². The zero-order valence-electron chi connectivity index (χ0n) is 10.9. The highest BCUT2D eigenvalue weighted by Crippen LogP contribution is 2.20. The van der Waals surface area contributed by atoms with Crippen molar-refractivity contribution >= 4 is 56.1 Å². The van der Waals surface area contributed by atoms with Crippen LogP contribution < -0.4 is 5.32 Å². The Hall–Kier alpha value is -1.63. The first-order valence-electron chi connectivity index (χ1n) is 6.17. The van der Waals surface area contributed by atoms with Crippen molar-refractivity contribution in [2.75, 3.05) is 0 Å². The second kappa shape index (κ2) is 6.24. The molecule has 0 atom stereocenters. The van der Waals surface area contributed by atoms with Gasteiger partial charge in [-0.3, -0.25) is 4.79 Å². The lowest BCUT2D eigenvalue weighted by molar-refractivity contribution is 0.0947. The number of aromatic nitrogens is 2. The molecule has 5 nitrogen and oxygen atoms in total. The first kappa shape index (κ1) is 15.3. The van der Waals surface area contributed by atoms with E-state index >= 15 is 0 Å². The quantitative estimate of drug-likeness (QED) is 0.668. The molecule has 1 aromatic carbocycles. The molecule has 0 bridgehead atoms. The summed E-state index contributed by atoms with van der Waals surface area (Å²) in [6.45, 7) is 0.155. The average Bonchev–Trinajstić information content (AvgIpc) is 2.85. The van der Waals surface area contributed by atoms with Crippen LogP contribution in [0, 0.1) is 0 Å². The van der Waals surface area contributed by atoms with E-state index in [0.717, 1.165) is 4.47 Å². The average molecular weight is 401 g/mol. The summed E-state index contributed by atoms with van der Waals surface area (Å²) in [6, 6.07) is 8.38. The molecule has 0 radical (unpaired) electrons. The van der Waals surface area contributed by atoms with Gasteiger partial charge in [0.2, 0.25) is 5.89 Å². The predicted molar refractivity (Wildman–Crippen MR) is 87.1 cm³/mol. The molecule has 3 rings (SSSR count). The van der Waals surface area contributed by atoms with E-state index in [4.69, 9.17) is 27.6 Å². The van der Waals surface area contributed by atoms with E-state index in [9.17, 15) is 4.79 Å². The van der Waals surface area contributed by atoms with E-state index in [-0.39, 0.29) is 22.8 Å². The smallest absolute Gasteiger partial charge is 0.251 e. The molecule has 22 heavy (non-hydrogen) atoms. The third-order valence-electron chi connectivity index (χ3n) is 2.82. The SMILES string of the molecule is O=C(NCc1nc2cc(Br)ccc2o1)c1cc(Cl)nc(Cl)c1. The second-order valence-electron chi connectivity index (χ2n) is 4.40. The minimum absolute atomic E-state index is 0.155. The molecule has 0 fully saturated rings. The number of pyridine rings is 1. The number of carbonyl (C=O) groups is 1. The number of oxazole rings is 1. The van der Waals surface area contributed by atoms with Crippen molar-refractivity contribution in [3.8, 4) is 0 Å². The number of hydrogen-bond acceptors (Lipinski definition) is 4. The van der Waals surface area contributed by atoms with Crippen LogP contribution in [0.4, 0.5) is 0 Å². The maximum atomic E-state index is 12.1. The lowest BCUT2D eigenvalue weighted by Gasteiger charge is -2.03. The van der Waals surface area contributed by atoms with Gasteiger partial charge in [0, 0.05) is 10.0 Å². The van der Waals surface area contributed by atoms with E-state index in [0.29, 0.717) is 22.6 Å². The van der Waals surface area contributed by atoms with Gasteiger partial charge in [-0.2, -0.15) is 0 Å². The fourth-order valence-electron chi connectivity index (χ4n) is 1.88. The van der Waals surface area contributed by atoms with Crippen LogP contribution >= 0.6 is 39.1 Å². The third kappa shape index (κ3) is 3.40.